The Morgan fingerprint density at radius 1 is 1.75 bits per heavy atom. The topological polar surface area (TPSA) is 43.8 Å². The molecule has 1 heterocycles. The average Bonchev–Trinajstić information content (AvgIpc) is 2.74. The normalized spacial score (nSPS) is 27.5. The maximum Gasteiger partial charge on any atom is 0.112 e. The molecule has 0 radical (unpaired) electrons. The lowest BCUT2D eigenvalue weighted by Crippen LogP contribution is -2.05. The van der Waals surface area contributed by atoms with Gasteiger partial charge in [0.15, 0.2) is 0 Å². The van der Waals surface area contributed by atoms with E-state index >= 15 is 0 Å². The Kier molecular flexibility index (Phi) is 1.89. The number of hydrogen-bond acceptors (Lipinski definition) is 2. The molecule has 1 aromatic rings. The Hall–Kier alpha value is -0.830. The molecule has 12 heavy (non-hydrogen) atoms. The fraction of sp³-hybridized carbons (Fsp3) is 0.667. The fourth-order valence-electron chi connectivity index (χ4n) is 1.74. The molecule has 1 aromatic heterocycles. The van der Waals surface area contributed by atoms with Crippen LogP contribution >= 0.6 is 0 Å². The summed E-state index contributed by atoms with van der Waals surface area (Å²) in [5.74, 6) is 2.57. The molecule has 2 rings (SSSR count). The maximum atomic E-state index is 5.58. The Balaban J connectivity index is 2.13. The summed E-state index contributed by atoms with van der Waals surface area (Å²) in [4.78, 5) is 4.35. The molecule has 2 N–H and O–H groups in total. The second kappa shape index (κ2) is 2.90. The van der Waals surface area contributed by atoms with Crippen molar-refractivity contribution in [1.29, 1.82) is 0 Å². The van der Waals surface area contributed by atoms with Crippen molar-refractivity contribution in [3.05, 3.63) is 18.2 Å². The molecular weight excluding hydrogens is 150 g/mol. The summed E-state index contributed by atoms with van der Waals surface area (Å²) < 4.78 is 2.21. The molecule has 1 fully saturated rings. The van der Waals surface area contributed by atoms with Crippen molar-refractivity contribution < 1.29 is 0 Å². The van der Waals surface area contributed by atoms with Crippen LogP contribution in [0.2, 0.25) is 0 Å². The monoisotopic (exact) mass is 165 g/mol. The van der Waals surface area contributed by atoms with Gasteiger partial charge in [-0.1, -0.05) is 0 Å². The van der Waals surface area contributed by atoms with Crippen LogP contribution in [0.25, 0.3) is 0 Å². The van der Waals surface area contributed by atoms with E-state index in [1.165, 1.54) is 12.2 Å². The van der Waals surface area contributed by atoms with Gasteiger partial charge in [0.2, 0.25) is 0 Å². The van der Waals surface area contributed by atoms with Gasteiger partial charge in [0.05, 0.1) is 0 Å². The van der Waals surface area contributed by atoms with Crippen LogP contribution in [-0.2, 0) is 6.54 Å². The van der Waals surface area contributed by atoms with Crippen molar-refractivity contribution in [3.8, 4) is 0 Å². The molecule has 1 aliphatic rings. The number of hydrogen-bond donors (Lipinski definition) is 1. The third-order valence-electron chi connectivity index (χ3n) is 2.65. The number of imidazole rings is 1. The lowest BCUT2D eigenvalue weighted by atomic mass is 10.3. The molecule has 66 valence electrons. The lowest BCUT2D eigenvalue weighted by molar-refractivity contribution is 0.675. The van der Waals surface area contributed by atoms with Gasteiger partial charge in [-0.05, 0) is 25.8 Å². The predicted molar refractivity (Wildman–Crippen MR) is 47.8 cm³/mol. The van der Waals surface area contributed by atoms with E-state index < -0.39 is 0 Å². The van der Waals surface area contributed by atoms with Crippen molar-refractivity contribution in [3.63, 3.8) is 0 Å². The Morgan fingerprint density at radius 3 is 3.17 bits per heavy atom. The summed E-state index contributed by atoms with van der Waals surface area (Å²) >= 11 is 0. The highest BCUT2D eigenvalue weighted by atomic mass is 15.1. The van der Waals surface area contributed by atoms with E-state index in [0.717, 1.165) is 13.1 Å². The summed E-state index contributed by atoms with van der Waals surface area (Å²) in [5.41, 5.74) is 5.58. The van der Waals surface area contributed by atoms with Crippen LogP contribution in [0.3, 0.4) is 0 Å². The van der Waals surface area contributed by atoms with Crippen LogP contribution in [0.1, 0.15) is 25.1 Å². The first kappa shape index (κ1) is 7.80. The Labute approximate surface area is 72.6 Å². The first-order valence-electron chi connectivity index (χ1n) is 4.58. The first-order valence-corrected chi connectivity index (χ1v) is 4.58. The van der Waals surface area contributed by atoms with E-state index in [4.69, 9.17) is 5.73 Å². The van der Waals surface area contributed by atoms with E-state index in [1.54, 1.807) is 0 Å². The van der Waals surface area contributed by atoms with Crippen LogP contribution in [0.5, 0.6) is 0 Å². The number of aryl methyl sites for hydroxylation is 1. The summed E-state index contributed by atoms with van der Waals surface area (Å²) in [7, 11) is 0. The van der Waals surface area contributed by atoms with E-state index in [0.29, 0.717) is 11.8 Å². The van der Waals surface area contributed by atoms with Gasteiger partial charge in [0.1, 0.15) is 5.82 Å². The minimum atomic E-state index is 0.643. The van der Waals surface area contributed by atoms with Gasteiger partial charge >= 0.3 is 0 Å². The van der Waals surface area contributed by atoms with Crippen LogP contribution in [0.4, 0.5) is 0 Å². The SMILES string of the molecule is CCn1ccnc1C1CC1CN. The fourth-order valence-corrected chi connectivity index (χ4v) is 1.74. The van der Waals surface area contributed by atoms with Crippen molar-refractivity contribution in [2.75, 3.05) is 6.54 Å². The maximum absolute atomic E-state index is 5.58. The molecular formula is C9H15N3. The Bertz CT molecular complexity index is 266. The van der Waals surface area contributed by atoms with E-state index in [9.17, 15) is 0 Å². The molecule has 1 saturated carbocycles. The van der Waals surface area contributed by atoms with Crippen LogP contribution in [0.15, 0.2) is 12.4 Å². The summed E-state index contributed by atoms with van der Waals surface area (Å²) in [6.07, 6.45) is 5.15. The zero-order chi connectivity index (χ0) is 8.55. The van der Waals surface area contributed by atoms with Gasteiger partial charge in [-0.25, -0.2) is 4.98 Å². The highest BCUT2D eigenvalue weighted by Gasteiger charge is 2.39. The molecule has 2 unspecified atom stereocenters. The smallest absolute Gasteiger partial charge is 0.112 e. The lowest BCUT2D eigenvalue weighted by Gasteiger charge is -2.02. The van der Waals surface area contributed by atoms with Gasteiger partial charge in [-0.3, -0.25) is 0 Å². The number of nitrogens with two attached hydrogens (primary N) is 1. The molecule has 3 nitrogen and oxygen atoms in total. The number of nitrogens with zero attached hydrogens (tertiary/aromatic N) is 2. The number of aromatic nitrogens is 2. The molecule has 0 aliphatic heterocycles. The summed E-state index contributed by atoms with van der Waals surface area (Å²) in [5, 5.41) is 0. The van der Waals surface area contributed by atoms with Gasteiger partial charge in [0.25, 0.3) is 0 Å². The van der Waals surface area contributed by atoms with E-state index in [1.807, 2.05) is 12.4 Å². The molecule has 3 heteroatoms. The van der Waals surface area contributed by atoms with Gasteiger partial charge in [0, 0.05) is 24.9 Å². The van der Waals surface area contributed by atoms with Crippen molar-refractivity contribution >= 4 is 0 Å². The van der Waals surface area contributed by atoms with Gasteiger partial charge in [-0.2, -0.15) is 0 Å². The minimum Gasteiger partial charge on any atom is -0.335 e. The second-order valence-corrected chi connectivity index (χ2v) is 3.41. The van der Waals surface area contributed by atoms with Crippen molar-refractivity contribution in [2.24, 2.45) is 11.7 Å². The zero-order valence-electron chi connectivity index (χ0n) is 7.40. The zero-order valence-corrected chi connectivity index (χ0v) is 7.40. The van der Waals surface area contributed by atoms with Crippen LogP contribution < -0.4 is 5.73 Å². The largest absolute Gasteiger partial charge is 0.335 e. The van der Waals surface area contributed by atoms with Gasteiger partial charge in [-0.15, -0.1) is 0 Å². The molecule has 0 spiro atoms. The first-order chi connectivity index (χ1) is 5.86. The average molecular weight is 165 g/mol. The highest BCUT2D eigenvalue weighted by molar-refractivity contribution is 5.12. The molecule has 0 saturated heterocycles. The van der Waals surface area contributed by atoms with E-state index in [2.05, 4.69) is 16.5 Å². The van der Waals surface area contributed by atoms with Gasteiger partial charge < -0.3 is 10.3 Å². The standard InChI is InChI=1S/C9H15N3/c1-2-12-4-3-11-9(12)8-5-7(8)6-10/h3-4,7-8H,2,5-6,10H2,1H3. The van der Waals surface area contributed by atoms with Crippen molar-refractivity contribution in [1.82, 2.24) is 9.55 Å². The molecule has 1 aliphatic carbocycles. The van der Waals surface area contributed by atoms with Crippen LogP contribution in [-0.4, -0.2) is 16.1 Å². The van der Waals surface area contributed by atoms with Crippen LogP contribution in [0, 0.1) is 5.92 Å². The third kappa shape index (κ3) is 1.14. The predicted octanol–water partition coefficient (Wildman–Crippen LogP) is 0.965. The number of rotatable bonds is 3. The minimum absolute atomic E-state index is 0.643. The van der Waals surface area contributed by atoms with Crippen molar-refractivity contribution in [2.45, 2.75) is 25.8 Å². The summed E-state index contributed by atoms with van der Waals surface area (Å²) in [6.45, 7) is 3.97. The highest BCUT2D eigenvalue weighted by Crippen LogP contribution is 2.45. The second-order valence-electron chi connectivity index (χ2n) is 3.41. The van der Waals surface area contributed by atoms with E-state index in [-0.39, 0.29) is 0 Å². The molecule has 0 bridgehead atoms. The molecule has 0 aromatic carbocycles. The summed E-state index contributed by atoms with van der Waals surface area (Å²) in [6, 6.07) is 0. The quantitative estimate of drug-likeness (QED) is 0.725. The Morgan fingerprint density at radius 2 is 2.58 bits per heavy atom. The third-order valence-corrected chi connectivity index (χ3v) is 2.65. The molecule has 2 atom stereocenters. The molecule has 0 amide bonds.